The van der Waals surface area contributed by atoms with Crippen LogP contribution >= 0.6 is 34.3 Å². The molecule has 0 aliphatic carbocycles. The van der Waals surface area contributed by atoms with Crippen LogP contribution in [0.4, 0.5) is 0 Å². The van der Waals surface area contributed by atoms with Crippen LogP contribution in [-0.4, -0.2) is 4.98 Å². The molecule has 2 aromatic carbocycles. The molecule has 144 valence electrons. The molecule has 2 heterocycles. The summed E-state index contributed by atoms with van der Waals surface area (Å²) in [6.45, 7) is 7.11. The summed E-state index contributed by atoms with van der Waals surface area (Å²) in [6, 6.07) is 16.6. The molecule has 4 aromatic rings. The molecule has 0 N–H and O–H groups in total. The number of aromatic nitrogens is 1. The minimum Gasteiger partial charge on any atom is -0.489 e. The van der Waals surface area contributed by atoms with Crippen molar-refractivity contribution in [3.8, 4) is 15.6 Å². The number of nitrogens with zero attached hydrogens (tertiary/aromatic N) is 1. The first-order valence-corrected chi connectivity index (χ1v) is 11.4. The Morgan fingerprint density at radius 1 is 1.04 bits per heavy atom. The van der Waals surface area contributed by atoms with Gasteiger partial charge in [-0.3, -0.25) is 0 Å². The molecule has 0 aliphatic rings. The van der Waals surface area contributed by atoms with E-state index in [1.807, 2.05) is 24.3 Å². The van der Waals surface area contributed by atoms with Crippen LogP contribution in [0.15, 0.2) is 53.9 Å². The van der Waals surface area contributed by atoms with Gasteiger partial charge in [0.05, 0.1) is 10.6 Å². The molecule has 0 atom stereocenters. The summed E-state index contributed by atoms with van der Waals surface area (Å²) in [6.07, 6.45) is 0. The van der Waals surface area contributed by atoms with Gasteiger partial charge in [-0.25, -0.2) is 4.98 Å². The fourth-order valence-corrected chi connectivity index (χ4v) is 5.35. The van der Waals surface area contributed by atoms with Gasteiger partial charge in [-0.05, 0) is 40.8 Å². The molecule has 0 radical (unpaired) electrons. The summed E-state index contributed by atoms with van der Waals surface area (Å²) in [4.78, 5) is 6.06. The Morgan fingerprint density at radius 3 is 2.54 bits per heavy atom. The van der Waals surface area contributed by atoms with Crippen molar-refractivity contribution in [1.82, 2.24) is 4.98 Å². The fraction of sp³-hybridized carbons (Fsp3) is 0.261. The van der Waals surface area contributed by atoms with Crippen molar-refractivity contribution in [1.29, 1.82) is 0 Å². The monoisotopic (exact) mass is 427 g/mol. The first-order valence-electron chi connectivity index (χ1n) is 9.19. The van der Waals surface area contributed by atoms with E-state index in [9.17, 15) is 0 Å². The van der Waals surface area contributed by atoms with Gasteiger partial charge in [-0.1, -0.05) is 45.0 Å². The van der Waals surface area contributed by atoms with Crippen molar-refractivity contribution in [2.75, 3.05) is 0 Å². The second-order valence-corrected chi connectivity index (χ2v) is 10.00. The first-order chi connectivity index (χ1) is 13.4. The summed E-state index contributed by atoms with van der Waals surface area (Å²) in [5, 5.41) is 4.45. The third-order valence-corrected chi connectivity index (χ3v) is 7.04. The van der Waals surface area contributed by atoms with Crippen molar-refractivity contribution in [3.05, 3.63) is 70.7 Å². The molecule has 0 amide bonds. The molecule has 0 spiro atoms. The quantitative estimate of drug-likeness (QED) is 0.305. The van der Waals surface area contributed by atoms with E-state index in [0.717, 1.165) is 27.6 Å². The molecule has 4 rings (SSSR count). The smallest absolute Gasteiger partial charge is 0.133 e. The highest BCUT2D eigenvalue weighted by Gasteiger charge is 2.18. The minimum atomic E-state index is 0.0752. The van der Waals surface area contributed by atoms with Gasteiger partial charge in [0.1, 0.15) is 17.4 Å². The Bertz CT molecular complexity index is 1110. The molecule has 0 aliphatic heterocycles. The Balaban J connectivity index is 1.56. The Morgan fingerprint density at radius 2 is 1.82 bits per heavy atom. The van der Waals surface area contributed by atoms with Crippen LogP contribution in [0.3, 0.4) is 0 Å². The van der Waals surface area contributed by atoms with Gasteiger partial charge in [-0.15, -0.1) is 34.3 Å². The van der Waals surface area contributed by atoms with E-state index in [0.29, 0.717) is 12.5 Å². The van der Waals surface area contributed by atoms with Gasteiger partial charge in [0.25, 0.3) is 0 Å². The van der Waals surface area contributed by atoms with E-state index >= 15 is 0 Å². The zero-order chi connectivity index (χ0) is 19.7. The van der Waals surface area contributed by atoms with E-state index in [-0.39, 0.29) is 5.41 Å². The molecular weight excluding hydrogens is 406 g/mol. The van der Waals surface area contributed by atoms with E-state index < -0.39 is 0 Å². The first kappa shape index (κ1) is 19.4. The predicted molar refractivity (Wildman–Crippen MR) is 122 cm³/mol. The van der Waals surface area contributed by atoms with Crippen molar-refractivity contribution in [2.45, 2.75) is 38.7 Å². The molecule has 2 aromatic heterocycles. The Hall–Kier alpha value is -1.88. The van der Waals surface area contributed by atoms with E-state index in [2.05, 4.69) is 50.4 Å². The molecular formula is C23H22ClNOS2. The zero-order valence-electron chi connectivity index (χ0n) is 16.2. The lowest BCUT2D eigenvalue weighted by Crippen LogP contribution is -2.11. The maximum atomic E-state index is 6.04. The lowest BCUT2D eigenvalue weighted by Gasteiger charge is -2.14. The lowest BCUT2D eigenvalue weighted by molar-refractivity contribution is 0.306. The van der Waals surface area contributed by atoms with Gasteiger partial charge in [0.2, 0.25) is 0 Å². The maximum Gasteiger partial charge on any atom is 0.133 e. The number of rotatable bonds is 5. The molecule has 28 heavy (non-hydrogen) atoms. The number of benzene rings is 2. The fourth-order valence-electron chi connectivity index (χ4n) is 2.94. The maximum absolute atomic E-state index is 6.04. The Labute approximate surface area is 178 Å². The molecule has 0 saturated carbocycles. The van der Waals surface area contributed by atoms with Gasteiger partial charge >= 0.3 is 0 Å². The molecule has 2 nitrogen and oxygen atoms in total. The average molecular weight is 428 g/mol. The second-order valence-electron chi connectivity index (χ2n) is 7.79. The van der Waals surface area contributed by atoms with Crippen LogP contribution in [-0.2, 0) is 17.9 Å². The normalized spacial score (nSPS) is 11.9. The number of hydrogen-bond donors (Lipinski definition) is 0. The number of alkyl halides is 1. The van der Waals surface area contributed by atoms with Gasteiger partial charge in [0, 0.05) is 21.4 Å². The van der Waals surface area contributed by atoms with Crippen molar-refractivity contribution < 1.29 is 4.74 Å². The third kappa shape index (κ3) is 4.09. The number of halogens is 1. The Kier molecular flexibility index (Phi) is 5.46. The third-order valence-electron chi connectivity index (χ3n) is 4.63. The second kappa shape index (κ2) is 7.86. The number of thiazole rings is 1. The highest BCUT2D eigenvalue weighted by Crippen LogP contribution is 2.38. The van der Waals surface area contributed by atoms with Crippen molar-refractivity contribution in [3.63, 3.8) is 0 Å². The summed E-state index contributed by atoms with van der Waals surface area (Å²) in [5.74, 6) is 1.37. The highest BCUT2D eigenvalue weighted by atomic mass is 35.5. The molecule has 0 unspecified atom stereocenters. The molecule has 0 fully saturated rings. The van der Waals surface area contributed by atoms with Crippen molar-refractivity contribution >= 4 is 44.4 Å². The topological polar surface area (TPSA) is 22.1 Å². The van der Waals surface area contributed by atoms with Gasteiger partial charge < -0.3 is 4.74 Å². The summed E-state index contributed by atoms with van der Waals surface area (Å²) in [5.41, 5.74) is 3.46. The van der Waals surface area contributed by atoms with E-state index in [4.69, 9.17) is 21.3 Å². The predicted octanol–water partition coefficient (Wildman–Crippen LogP) is 7.64. The van der Waals surface area contributed by atoms with Crippen LogP contribution in [0.1, 0.15) is 37.6 Å². The van der Waals surface area contributed by atoms with Crippen LogP contribution in [0.25, 0.3) is 20.0 Å². The largest absolute Gasteiger partial charge is 0.489 e. The molecule has 0 saturated heterocycles. The number of ether oxygens (including phenoxy) is 1. The lowest BCUT2D eigenvalue weighted by atomic mass is 9.93. The van der Waals surface area contributed by atoms with Gasteiger partial charge in [0.15, 0.2) is 0 Å². The van der Waals surface area contributed by atoms with Crippen LogP contribution < -0.4 is 4.74 Å². The average Bonchev–Trinajstić information content (AvgIpc) is 3.32. The van der Waals surface area contributed by atoms with E-state index in [1.54, 1.807) is 22.7 Å². The SMILES string of the molecule is CC(C)(C)c1csc(-c2cc3cc(OCc4ccccc4CCl)ccc3s2)n1. The van der Waals surface area contributed by atoms with Crippen LogP contribution in [0.2, 0.25) is 0 Å². The minimum absolute atomic E-state index is 0.0752. The molecule has 0 bridgehead atoms. The number of hydrogen-bond acceptors (Lipinski definition) is 4. The summed E-state index contributed by atoms with van der Waals surface area (Å²) >= 11 is 9.52. The van der Waals surface area contributed by atoms with E-state index in [1.165, 1.54) is 15.0 Å². The van der Waals surface area contributed by atoms with Gasteiger partial charge in [-0.2, -0.15) is 0 Å². The standard InChI is InChI=1S/C23H22ClNOS2/c1-23(2,3)21-14-27-22(25-21)20-11-17-10-18(8-9-19(17)28-20)26-13-16-7-5-4-6-15(16)12-24/h4-11,14H,12-13H2,1-3H3. The highest BCUT2D eigenvalue weighted by molar-refractivity contribution is 7.25. The molecule has 5 heteroatoms. The number of thiophene rings is 1. The van der Waals surface area contributed by atoms with Crippen LogP contribution in [0, 0.1) is 0 Å². The number of fused-ring (bicyclic) bond motifs is 1. The van der Waals surface area contributed by atoms with Crippen molar-refractivity contribution in [2.24, 2.45) is 0 Å². The van der Waals surface area contributed by atoms with Crippen LogP contribution in [0.5, 0.6) is 5.75 Å². The summed E-state index contributed by atoms with van der Waals surface area (Å²) < 4.78 is 7.29. The summed E-state index contributed by atoms with van der Waals surface area (Å²) in [7, 11) is 0. The zero-order valence-corrected chi connectivity index (χ0v) is 18.5.